The van der Waals surface area contributed by atoms with Crippen molar-refractivity contribution in [2.75, 3.05) is 23.4 Å². The third-order valence-electron chi connectivity index (χ3n) is 3.14. The highest BCUT2D eigenvalue weighted by Gasteiger charge is 2.19. The number of anilines is 1. The van der Waals surface area contributed by atoms with Crippen molar-refractivity contribution in [2.45, 2.75) is 20.3 Å². The lowest BCUT2D eigenvalue weighted by Gasteiger charge is -2.14. The van der Waals surface area contributed by atoms with Crippen LogP contribution in [0, 0.1) is 19.8 Å². The highest BCUT2D eigenvalue weighted by molar-refractivity contribution is 7.99. The van der Waals surface area contributed by atoms with Crippen molar-refractivity contribution in [3.63, 3.8) is 0 Å². The summed E-state index contributed by atoms with van der Waals surface area (Å²) in [6.45, 7) is 4.51. The number of thioether (sulfide) groups is 1. The number of aryl methyl sites for hydroxylation is 2. The number of aromatic carboxylic acids is 1. The highest BCUT2D eigenvalue weighted by atomic mass is 32.2. The van der Waals surface area contributed by atoms with Crippen LogP contribution in [-0.2, 0) is 0 Å². The predicted molar refractivity (Wildman–Crippen MR) is 74.6 cm³/mol. The van der Waals surface area contributed by atoms with Gasteiger partial charge in [0.1, 0.15) is 11.4 Å². The standard InChI is InChI=1S/C13H18N2O2S/c1-8-5-9(2)15-12(11(8)13(16)17)14-6-10-3-4-18-7-10/h5,10H,3-4,6-7H2,1-2H3,(H,14,15)(H,16,17). The van der Waals surface area contributed by atoms with Gasteiger partial charge in [0, 0.05) is 12.2 Å². The molecule has 1 saturated heterocycles. The molecule has 2 rings (SSSR count). The Kier molecular flexibility index (Phi) is 4.11. The van der Waals surface area contributed by atoms with Crippen LogP contribution in [0.2, 0.25) is 0 Å². The number of hydrogen-bond donors (Lipinski definition) is 2. The smallest absolute Gasteiger partial charge is 0.339 e. The third-order valence-corrected chi connectivity index (χ3v) is 4.37. The molecule has 98 valence electrons. The normalized spacial score (nSPS) is 18.9. The minimum Gasteiger partial charge on any atom is -0.478 e. The summed E-state index contributed by atoms with van der Waals surface area (Å²) < 4.78 is 0. The lowest BCUT2D eigenvalue weighted by molar-refractivity contribution is 0.0697. The van der Waals surface area contributed by atoms with E-state index in [0.717, 1.165) is 23.6 Å². The van der Waals surface area contributed by atoms with Crippen molar-refractivity contribution in [2.24, 2.45) is 5.92 Å². The fraction of sp³-hybridized carbons (Fsp3) is 0.538. The zero-order valence-corrected chi connectivity index (χ0v) is 11.5. The minimum atomic E-state index is -0.914. The van der Waals surface area contributed by atoms with Gasteiger partial charge in [-0.3, -0.25) is 0 Å². The number of carboxylic acid groups (broad SMARTS) is 1. The Hall–Kier alpha value is -1.23. The molecule has 1 fully saturated rings. The Bertz CT molecular complexity index is 457. The Labute approximate surface area is 111 Å². The average molecular weight is 266 g/mol. The van der Waals surface area contributed by atoms with E-state index in [-0.39, 0.29) is 0 Å². The SMILES string of the molecule is Cc1cc(C)c(C(=O)O)c(NCC2CCSC2)n1. The highest BCUT2D eigenvalue weighted by Crippen LogP contribution is 2.25. The molecule has 5 heteroatoms. The van der Waals surface area contributed by atoms with E-state index >= 15 is 0 Å². The molecule has 0 saturated carbocycles. The number of nitrogens with one attached hydrogen (secondary N) is 1. The van der Waals surface area contributed by atoms with Crippen LogP contribution in [0.1, 0.15) is 28.0 Å². The lowest BCUT2D eigenvalue weighted by Crippen LogP contribution is -2.17. The second kappa shape index (κ2) is 5.61. The molecule has 18 heavy (non-hydrogen) atoms. The van der Waals surface area contributed by atoms with Gasteiger partial charge in [0.15, 0.2) is 0 Å². The molecule has 4 nitrogen and oxygen atoms in total. The fourth-order valence-electron chi connectivity index (χ4n) is 2.22. The van der Waals surface area contributed by atoms with Crippen molar-refractivity contribution in [3.8, 4) is 0 Å². The summed E-state index contributed by atoms with van der Waals surface area (Å²) in [6.07, 6.45) is 1.20. The van der Waals surface area contributed by atoms with Gasteiger partial charge in [-0.05, 0) is 49.3 Å². The van der Waals surface area contributed by atoms with E-state index in [0.29, 0.717) is 17.3 Å². The molecule has 2 N–H and O–H groups in total. The summed E-state index contributed by atoms with van der Waals surface area (Å²) in [6, 6.07) is 1.81. The Morgan fingerprint density at radius 2 is 2.39 bits per heavy atom. The van der Waals surface area contributed by atoms with Gasteiger partial charge in [-0.1, -0.05) is 0 Å². The summed E-state index contributed by atoms with van der Waals surface area (Å²) in [7, 11) is 0. The molecule has 1 unspecified atom stereocenters. The molecule has 0 spiro atoms. The molecule has 1 aliphatic heterocycles. The van der Waals surface area contributed by atoms with Crippen LogP contribution in [0.15, 0.2) is 6.07 Å². The number of hydrogen-bond acceptors (Lipinski definition) is 4. The van der Waals surface area contributed by atoms with Gasteiger partial charge in [0.2, 0.25) is 0 Å². The van der Waals surface area contributed by atoms with E-state index < -0.39 is 5.97 Å². The number of pyridine rings is 1. The minimum absolute atomic E-state index is 0.297. The first-order valence-corrected chi connectivity index (χ1v) is 7.26. The van der Waals surface area contributed by atoms with Gasteiger partial charge in [-0.25, -0.2) is 9.78 Å². The van der Waals surface area contributed by atoms with Gasteiger partial charge >= 0.3 is 5.97 Å². The molecule has 2 heterocycles. The van der Waals surface area contributed by atoms with Gasteiger partial charge in [0.25, 0.3) is 0 Å². The number of carboxylic acids is 1. The predicted octanol–water partition coefficient (Wildman–Crippen LogP) is 2.56. The Morgan fingerprint density at radius 3 is 3.00 bits per heavy atom. The van der Waals surface area contributed by atoms with E-state index in [4.69, 9.17) is 0 Å². The lowest BCUT2D eigenvalue weighted by atomic mass is 10.1. The monoisotopic (exact) mass is 266 g/mol. The van der Waals surface area contributed by atoms with Crippen LogP contribution >= 0.6 is 11.8 Å². The molecular weight excluding hydrogens is 248 g/mol. The van der Waals surface area contributed by atoms with Crippen molar-refractivity contribution in [1.29, 1.82) is 0 Å². The van der Waals surface area contributed by atoms with Crippen LogP contribution in [0.3, 0.4) is 0 Å². The maximum absolute atomic E-state index is 11.3. The van der Waals surface area contributed by atoms with Crippen molar-refractivity contribution in [1.82, 2.24) is 4.98 Å². The number of rotatable bonds is 4. The first-order valence-electron chi connectivity index (χ1n) is 6.11. The van der Waals surface area contributed by atoms with Crippen LogP contribution in [0.25, 0.3) is 0 Å². The van der Waals surface area contributed by atoms with Crippen LogP contribution in [0.5, 0.6) is 0 Å². The summed E-state index contributed by atoms with van der Waals surface area (Å²) in [5.41, 5.74) is 1.91. The fourth-order valence-corrected chi connectivity index (χ4v) is 3.50. The second-order valence-corrected chi connectivity index (χ2v) is 5.87. The van der Waals surface area contributed by atoms with Crippen molar-refractivity contribution in [3.05, 3.63) is 22.9 Å². The molecule has 1 aromatic rings. The zero-order valence-electron chi connectivity index (χ0n) is 10.7. The molecule has 0 aliphatic carbocycles. The van der Waals surface area contributed by atoms with E-state index in [2.05, 4.69) is 10.3 Å². The maximum Gasteiger partial charge on any atom is 0.339 e. The molecule has 0 bridgehead atoms. The van der Waals surface area contributed by atoms with Gasteiger partial charge in [-0.2, -0.15) is 11.8 Å². The quantitative estimate of drug-likeness (QED) is 0.877. The van der Waals surface area contributed by atoms with E-state index in [1.807, 2.05) is 25.6 Å². The number of carbonyl (C=O) groups is 1. The topological polar surface area (TPSA) is 62.2 Å². The maximum atomic E-state index is 11.3. The summed E-state index contributed by atoms with van der Waals surface area (Å²) in [4.78, 5) is 15.6. The summed E-state index contributed by atoms with van der Waals surface area (Å²) in [5.74, 6) is 2.58. The molecule has 0 amide bonds. The third kappa shape index (κ3) is 2.96. The molecule has 0 radical (unpaired) electrons. The average Bonchev–Trinajstić information content (AvgIpc) is 2.77. The van der Waals surface area contributed by atoms with Crippen molar-refractivity contribution >= 4 is 23.5 Å². The molecule has 0 aromatic carbocycles. The first kappa shape index (κ1) is 13.2. The second-order valence-electron chi connectivity index (χ2n) is 4.72. The van der Waals surface area contributed by atoms with Crippen LogP contribution in [-0.4, -0.2) is 34.1 Å². The summed E-state index contributed by atoms with van der Waals surface area (Å²) in [5, 5.41) is 12.5. The van der Waals surface area contributed by atoms with Gasteiger partial charge in [0.05, 0.1) is 0 Å². The van der Waals surface area contributed by atoms with Gasteiger partial charge in [-0.15, -0.1) is 0 Å². The van der Waals surface area contributed by atoms with E-state index in [1.54, 1.807) is 6.07 Å². The molecule has 1 atom stereocenters. The Morgan fingerprint density at radius 1 is 1.61 bits per heavy atom. The summed E-state index contributed by atoms with van der Waals surface area (Å²) >= 11 is 1.96. The first-order chi connectivity index (χ1) is 8.58. The molecule has 1 aliphatic rings. The zero-order chi connectivity index (χ0) is 13.1. The van der Waals surface area contributed by atoms with Crippen LogP contribution in [0.4, 0.5) is 5.82 Å². The molecule has 1 aromatic heterocycles. The van der Waals surface area contributed by atoms with E-state index in [9.17, 15) is 9.90 Å². The van der Waals surface area contributed by atoms with Crippen LogP contribution < -0.4 is 5.32 Å². The van der Waals surface area contributed by atoms with Crippen molar-refractivity contribution < 1.29 is 9.90 Å². The molecular formula is C13H18N2O2S. The largest absolute Gasteiger partial charge is 0.478 e. The number of nitrogens with zero attached hydrogens (tertiary/aromatic N) is 1. The Balaban J connectivity index is 2.16. The number of aromatic nitrogens is 1. The van der Waals surface area contributed by atoms with Gasteiger partial charge < -0.3 is 10.4 Å². The van der Waals surface area contributed by atoms with E-state index in [1.165, 1.54) is 12.2 Å².